The average Bonchev–Trinajstić information content (AvgIpc) is 3.53. The predicted octanol–water partition coefficient (Wildman–Crippen LogP) is 4.19. The lowest BCUT2D eigenvalue weighted by Gasteiger charge is -2.39. The van der Waals surface area contributed by atoms with Crippen LogP contribution in [0.15, 0.2) is 24.7 Å². The predicted molar refractivity (Wildman–Crippen MR) is 109 cm³/mol. The highest BCUT2D eigenvalue weighted by Gasteiger charge is 2.39. The summed E-state index contributed by atoms with van der Waals surface area (Å²) >= 11 is 0. The Labute approximate surface area is 179 Å². The molecule has 2 aliphatic carbocycles. The largest absolute Gasteiger partial charge is 0.433 e. The summed E-state index contributed by atoms with van der Waals surface area (Å²) in [5, 5.41) is 0. The van der Waals surface area contributed by atoms with Gasteiger partial charge in [0.15, 0.2) is 0 Å². The minimum atomic E-state index is -4.45. The van der Waals surface area contributed by atoms with Crippen molar-refractivity contribution >= 4 is 5.82 Å². The maximum absolute atomic E-state index is 13.1. The number of hydrogen-bond acceptors (Lipinski definition) is 6. The van der Waals surface area contributed by atoms with Gasteiger partial charge in [0, 0.05) is 49.9 Å². The fourth-order valence-electron chi connectivity index (χ4n) is 4.62. The molecule has 2 saturated carbocycles. The van der Waals surface area contributed by atoms with Gasteiger partial charge >= 0.3 is 6.18 Å². The van der Waals surface area contributed by atoms with Crippen molar-refractivity contribution in [1.82, 2.24) is 24.8 Å². The Bertz CT molecular complexity index is 904. The van der Waals surface area contributed by atoms with Gasteiger partial charge in [0.25, 0.3) is 0 Å². The van der Waals surface area contributed by atoms with Gasteiger partial charge in [0.2, 0.25) is 0 Å². The lowest BCUT2D eigenvalue weighted by Crippen LogP contribution is -2.46. The van der Waals surface area contributed by atoms with Gasteiger partial charge in [-0.15, -0.1) is 0 Å². The first-order valence-electron chi connectivity index (χ1n) is 11.2. The summed E-state index contributed by atoms with van der Waals surface area (Å²) in [6.45, 7) is 2.59. The van der Waals surface area contributed by atoms with Crippen molar-refractivity contribution in [3.8, 4) is 0 Å². The molecule has 3 heterocycles. The number of rotatable bonds is 6. The Morgan fingerprint density at radius 2 is 1.71 bits per heavy atom. The van der Waals surface area contributed by atoms with E-state index in [-0.39, 0.29) is 6.04 Å². The van der Waals surface area contributed by atoms with Gasteiger partial charge in [-0.1, -0.05) is 6.42 Å². The number of anilines is 1. The topological polar surface area (TPSA) is 58.0 Å². The summed E-state index contributed by atoms with van der Waals surface area (Å²) in [7, 11) is 0. The van der Waals surface area contributed by atoms with E-state index in [9.17, 15) is 13.2 Å². The van der Waals surface area contributed by atoms with Crippen molar-refractivity contribution in [1.29, 1.82) is 0 Å². The second-order valence-electron chi connectivity index (χ2n) is 8.94. The van der Waals surface area contributed by atoms with Crippen LogP contribution in [0.4, 0.5) is 19.0 Å². The van der Waals surface area contributed by atoms with E-state index in [0.29, 0.717) is 17.8 Å². The quantitative estimate of drug-likeness (QED) is 0.682. The van der Waals surface area contributed by atoms with E-state index >= 15 is 0 Å². The smallest absolute Gasteiger partial charge is 0.350 e. The van der Waals surface area contributed by atoms with Crippen LogP contribution in [-0.2, 0) is 12.7 Å². The Kier molecular flexibility index (Phi) is 5.54. The molecular weight excluding hydrogens is 405 g/mol. The lowest BCUT2D eigenvalue weighted by atomic mass is 9.85. The van der Waals surface area contributed by atoms with Crippen LogP contribution >= 0.6 is 0 Å². The van der Waals surface area contributed by atoms with Crippen LogP contribution in [0, 0.1) is 0 Å². The maximum atomic E-state index is 13.1. The zero-order valence-electron chi connectivity index (χ0n) is 17.4. The molecule has 0 spiro atoms. The van der Waals surface area contributed by atoms with E-state index in [2.05, 4.69) is 24.8 Å². The van der Waals surface area contributed by atoms with Gasteiger partial charge < -0.3 is 4.90 Å². The number of nitrogens with zero attached hydrogens (tertiary/aromatic N) is 6. The molecule has 3 fully saturated rings. The third kappa shape index (κ3) is 4.66. The standard InChI is InChI=1S/C22H27F3N6/c23-22(24,25)19-12-20(28-14-27-19)31(17-4-5-17)18-7-10-30(11-8-18)13-16-6-9-26-21(29-16)15-2-1-3-15/h6,9,12,14-15,17-18H,1-5,7-8,10-11,13H2. The monoisotopic (exact) mass is 432 g/mol. The number of aromatic nitrogens is 4. The summed E-state index contributed by atoms with van der Waals surface area (Å²) in [6, 6.07) is 3.59. The van der Waals surface area contributed by atoms with E-state index in [1.165, 1.54) is 19.3 Å². The van der Waals surface area contributed by atoms with Crippen LogP contribution in [-0.4, -0.2) is 50.0 Å². The van der Waals surface area contributed by atoms with Crippen molar-refractivity contribution in [2.45, 2.75) is 75.7 Å². The molecule has 6 nitrogen and oxygen atoms in total. The average molecular weight is 432 g/mol. The normalized spacial score (nSPS) is 21.1. The van der Waals surface area contributed by atoms with Gasteiger partial charge in [0.05, 0.1) is 5.69 Å². The molecule has 2 aromatic heterocycles. The minimum Gasteiger partial charge on any atom is -0.350 e. The SMILES string of the molecule is FC(F)(F)c1cc(N(C2CC2)C2CCN(Cc3ccnc(C4CCC4)n3)CC2)ncn1. The maximum Gasteiger partial charge on any atom is 0.433 e. The van der Waals surface area contributed by atoms with Gasteiger partial charge in [-0.05, 0) is 44.6 Å². The molecular formula is C22H27F3N6. The van der Waals surface area contributed by atoms with E-state index in [0.717, 1.165) is 69.2 Å². The summed E-state index contributed by atoms with van der Waals surface area (Å²) in [4.78, 5) is 21.3. The molecule has 9 heteroatoms. The summed E-state index contributed by atoms with van der Waals surface area (Å²) in [6.07, 6.45) is 5.92. The number of alkyl halides is 3. The molecule has 1 saturated heterocycles. The van der Waals surface area contributed by atoms with Crippen LogP contribution in [0.1, 0.15) is 68.1 Å². The van der Waals surface area contributed by atoms with Crippen LogP contribution in [0.2, 0.25) is 0 Å². The molecule has 3 aliphatic rings. The Hall–Kier alpha value is -2.29. The Morgan fingerprint density at radius 1 is 0.968 bits per heavy atom. The van der Waals surface area contributed by atoms with E-state index in [4.69, 9.17) is 4.98 Å². The van der Waals surface area contributed by atoms with Crippen LogP contribution in [0.25, 0.3) is 0 Å². The molecule has 0 bridgehead atoms. The highest BCUT2D eigenvalue weighted by atomic mass is 19.4. The highest BCUT2D eigenvalue weighted by molar-refractivity contribution is 5.44. The number of halogens is 3. The van der Waals surface area contributed by atoms with Crippen molar-refractivity contribution < 1.29 is 13.2 Å². The number of likely N-dealkylation sites (tertiary alicyclic amines) is 1. The second-order valence-corrected chi connectivity index (χ2v) is 8.94. The van der Waals surface area contributed by atoms with E-state index in [1.54, 1.807) is 0 Å². The molecule has 0 aromatic carbocycles. The van der Waals surface area contributed by atoms with Crippen molar-refractivity contribution in [2.24, 2.45) is 0 Å². The molecule has 0 radical (unpaired) electrons. The summed E-state index contributed by atoms with van der Waals surface area (Å²) < 4.78 is 39.4. The third-order valence-corrected chi connectivity index (χ3v) is 6.69. The van der Waals surface area contributed by atoms with Crippen molar-refractivity contribution in [3.05, 3.63) is 41.9 Å². The van der Waals surface area contributed by atoms with Gasteiger partial charge in [-0.25, -0.2) is 19.9 Å². The minimum absolute atomic E-state index is 0.204. The molecule has 5 rings (SSSR count). The highest BCUT2D eigenvalue weighted by Crippen LogP contribution is 2.37. The summed E-state index contributed by atoms with van der Waals surface area (Å²) in [5.74, 6) is 1.90. The Morgan fingerprint density at radius 3 is 2.35 bits per heavy atom. The molecule has 166 valence electrons. The molecule has 31 heavy (non-hydrogen) atoms. The zero-order chi connectivity index (χ0) is 21.4. The second kappa shape index (κ2) is 8.33. The first kappa shape index (κ1) is 20.6. The van der Waals surface area contributed by atoms with E-state index < -0.39 is 11.9 Å². The first-order valence-corrected chi connectivity index (χ1v) is 11.2. The van der Waals surface area contributed by atoms with Crippen LogP contribution in [0.3, 0.4) is 0 Å². The van der Waals surface area contributed by atoms with Crippen molar-refractivity contribution in [2.75, 3.05) is 18.0 Å². The Balaban J connectivity index is 1.23. The molecule has 0 amide bonds. The van der Waals surface area contributed by atoms with Crippen LogP contribution in [0.5, 0.6) is 0 Å². The molecule has 0 unspecified atom stereocenters. The van der Waals surface area contributed by atoms with Crippen molar-refractivity contribution in [3.63, 3.8) is 0 Å². The fourth-order valence-corrected chi connectivity index (χ4v) is 4.62. The van der Waals surface area contributed by atoms with Gasteiger partial charge in [-0.3, -0.25) is 4.90 Å². The molecule has 1 aliphatic heterocycles. The van der Waals surface area contributed by atoms with Gasteiger partial charge in [0.1, 0.15) is 23.7 Å². The molecule has 0 N–H and O–H groups in total. The van der Waals surface area contributed by atoms with E-state index in [1.807, 2.05) is 12.3 Å². The van der Waals surface area contributed by atoms with Crippen LogP contribution < -0.4 is 4.90 Å². The lowest BCUT2D eigenvalue weighted by molar-refractivity contribution is -0.141. The zero-order valence-corrected chi connectivity index (χ0v) is 17.4. The molecule has 2 aromatic rings. The third-order valence-electron chi connectivity index (χ3n) is 6.69. The molecule has 0 atom stereocenters. The number of hydrogen-bond donors (Lipinski definition) is 0. The fraction of sp³-hybridized carbons (Fsp3) is 0.636. The first-order chi connectivity index (χ1) is 15.0. The number of piperidine rings is 1. The van der Waals surface area contributed by atoms with Gasteiger partial charge in [-0.2, -0.15) is 13.2 Å². The summed E-state index contributed by atoms with van der Waals surface area (Å²) in [5.41, 5.74) is 0.187.